The van der Waals surface area contributed by atoms with Gasteiger partial charge in [0.15, 0.2) is 0 Å². The van der Waals surface area contributed by atoms with Crippen LogP contribution in [-0.4, -0.2) is 23.9 Å². The predicted molar refractivity (Wildman–Crippen MR) is 154 cm³/mol. The van der Waals surface area contributed by atoms with Gasteiger partial charge in [-0.2, -0.15) is 0 Å². The van der Waals surface area contributed by atoms with Gasteiger partial charge in [-0.25, -0.2) is 0 Å². The van der Waals surface area contributed by atoms with Crippen LogP contribution in [0.5, 0.6) is 0 Å². The molecule has 0 bridgehead atoms. The molecule has 0 heterocycles. The minimum absolute atomic E-state index is 0. The van der Waals surface area contributed by atoms with Crippen molar-refractivity contribution in [3.05, 3.63) is 0 Å². The van der Waals surface area contributed by atoms with Crippen molar-refractivity contribution in [3.63, 3.8) is 0 Å². The number of aliphatic carboxylic acids is 4. The quantitative estimate of drug-likeness (QED) is 0.131. The SMILES string of the molecule is CCCCCCCC(=O)[O-].CCCCCCCC(=O)[O-].CCCCCCCC(=O)[O-].CCCCCCCC(=O)[O-].[W]. The van der Waals surface area contributed by atoms with Gasteiger partial charge in [0.25, 0.3) is 0 Å². The molecule has 0 aromatic carbocycles. The fourth-order valence-electron chi connectivity index (χ4n) is 3.49. The maximum absolute atomic E-state index is 9.92. The van der Waals surface area contributed by atoms with E-state index in [1.54, 1.807) is 0 Å². The first kappa shape index (κ1) is 49.3. The monoisotopic (exact) mass is 756 g/mol. The van der Waals surface area contributed by atoms with E-state index in [0.29, 0.717) is 0 Å². The topological polar surface area (TPSA) is 161 Å². The summed E-state index contributed by atoms with van der Waals surface area (Å²) in [5.74, 6) is -3.68. The molecule has 0 N–H and O–H groups in total. The largest absolute Gasteiger partial charge is 0.550 e. The van der Waals surface area contributed by atoms with Crippen LogP contribution in [-0.2, 0) is 40.2 Å². The Hall–Kier alpha value is -1.43. The van der Waals surface area contributed by atoms with E-state index in [9.17, 15) is 39.6 Å². The van der Waals surface area contributed by atoms with Crippen molar-refractivity contribution in [2.24, 2.45) is 0 Å². The second kappa shape index (κ2) is 45.6. The van der Waals surface area contributed by atoms with Gasteiger partial charge in [0.1, 0.15) is 0 Å². The molecular weight excluding hydrogens is 696 g/mol. The minimum atomic E-state index is -0.920. The normalized spacial score (nSPS) is 9.46. The average molecular weight is 757 g/mol. The first-order valence-electron chi connectivity index (χ1n) is 15.9. The third-order valence-corrected chi connectivity index (χ3v) is 5.94. The average Bonchev–Trinajstić information content (AvgIpc) is 2.89. The molecular formula is C32H60O8W-4. The van der Waals surface area contributed by atoms with E-state index in [1.165, 1.54) is 51.4 Å². The van der Waals surface area contributed by atoms with Crippen molar-refractivity contribution in [2.75, 3.05) is 0 Å². The van der Waals surface area contributed by atoms with Gasteiger partial charge < -0.3 is 39.6 Å². The number of rotatable bonds is 24. The number of carboxylic acid groups (broad SMARTS) is 4. The Kier molecular flexibility index (Phi) is 54.7. The second-order valence-corrected chi connectivity index (χ2v) is 10.1. The molecule has 0 amide bonds. The Balaban J connectivity index is -0.000000139. The summed E-state index contributed by atoms with van der Waals surface area (Å²) in [6.07, 6.45) is 22.4. The second-order valence-electron chi connectivity index (χ2n) is 10.1. The molecule has 0 aromatic heterocycles. The van der Waals surface area contributed by atoms with Crippen molar-refractivity contribution in [3.8, 4) is 0 Å². The van der Waals surface area contributed by atoms with Gasteiger partial charge in [-0.15, -0.1) is 0 Å². The number of hydrogen-bond donors (Lipinski definition) is 0. The van der Waals surface area contributed by atoms with Crippen LogP contribution in [0.1, 0.15) is 182 Å². The molecule has 0 spiro atoms. The fraction of sp³-hybridized carbons (Fsp3) is 0.875. The van der Waals surface area contributed by atoms with Gasteiger partial charge in [0, 0.05) is 44.9 Å². The molecule has 0 aliphatic heterocycles. The first-order valence-corrected chi connectivity index (χ1v) is 15.9. The van der Waals surface area contributed by atoms with Gasteiger partial charge in [0.2, 0.25) is 0 Å². The molecule has 0 saturated carbocycles. The zero-order valence-electron chi connectivity index (χ0n) is 26.6. The molecule has 0 rings (SSSR count). The van der Waals surface area contributed by atoms with Crippen molar-refractivity contribution in [1.82, 2.24) is 0 Å². The maximum Gasteiger partial charge on any atom is 0.0414 e. The number of unbranched alkanes of at least 4 members (excludes halogenated alkanes) is 16. The smallest absolute Gasteiger partial charge is 0.0414 e. The summed E-state index contributed by atoms with van der Waals surface area (Å²) in [4.78, 5) is 39.7. The molecule has 0 saturated heterocycles. The zero-order chi connectivity index (χ0) is 31.3. The standard InChI is InChI=1S/4C8H16O2.W/c4*1-2-3-4-5-6-7-8(9)10;/h4*2-7H2,1H3,(H,9,10);/p-4. The molecule has 0 aromatic rings. The van der Waals surface area contributed by atoms with E-state index in [4.69, 9.17) is 0 Å². The van der Waals surface area contributed by atoms with Gasteiger partial charge in [0.05, 0.1) is 0 Å². The maximum atomic E-state index is 9.92. The van der Waals surface area contributed by atoms with E-state index in [2.05, 4.69) is 27.7 Å². The molecule has 246 valence electrons. The summed E-state index contributed by atoms with van der Waals surface area (Å²) >= 11 is 0. The fourth-order valence-corrected chi connectivity index (χ4v) is 3.49. The minimum Gasteiger partial charge on any atom is -0.550 e. The third kappa shape index (κ3) is 73.1. The molecule has 9 heteroatoms. The predicted octanol–water partition coefficient (Wildman–Crippen LogP) is 4.38. The third-order valence-electron chi connectivity index (χ3n) is 5.94. The van der Waals surface area contributed by atoms with E-state index in [-0.39, 0.29) is 46.7 Å². The number of carbonyl (C=O) groups is 4. The van der Waals surface area contributed by atoms with Crippen molar-refractivity contribution in [2.45, 2.75) is 182 Å². The summed E-state index contributed by atoms with van der Waals surface area (Å²) in [6, 6.07) is 0. The van der Waals surface area contributed by atoms with E-state index in [1.807, 2.05) is 0 Å². The van der Waals surface area contributed by atoms with Crippen LogP contribution in [0, 0.1) is 0 Å². The van der Waals surface area contributed by atoms with Crippen LogP contribution >= 0.6 is 0 Å². The van der Waals surface area contributed by atoms with Crippen LogP contribution < -0.4 is 20.4 Å². The molecule has 8 nitrogen and oxygen atoms in total. The molecule has 0 unspecified atom stereocenters. The molecule has 0 aliphatic rings. The van der Waals surface area contributed by atoms with Gasteiger partial charge in [-0.3, -0.25) is 0 Å². The Labute approximate surface area is 265 Å². The van der Waals surface area contributed by atoms with Crippen LogP contribution in [0.25, 0.3) is 0 Å². The Morgan fingerprint density at radius 3 is 0.585 bits per heavy atom. The van der Waals surface area contributed by atoms with Crippen LogP contribution in [0.15, 0.2) is 0 Å². The molecule has 0 aliphatic carbocycles. The van der Waals surface area contributed by atoms with Crippen molar-refractivity contribution >= 4 is 23.9 Å². The number of carbonyl (C=O) groups excluding carboxylic acids is 4. The summed E-state index contributed by atoms with van der Waals surface area (Å²) < 4.78 is 0. The van der Waals surface area contributed by atoms with Gasteiger partial charge in [-0.1, -0.05) is 130 Å². The molecule has 0 fully saturated rings. The molecule has 0 radical (unpaired) electrons. The Bertz CT molecular complexity index is 460. The summed E-state index contributed by atoms with van der Waals surface area (Å²) in [5, 5.41) is 39.7. The van der Waals surface area contributed by atoms with E-state index >= 15 is 0 Å². The van der Waals surface area contributed by atoms with Crippen molar-refractivity contribution in [1.29, 1.82) is 0 Å². The summed E-state index contributed by atoms with van der Waals surface area (Å²) in [5.41, 5.74) is 0. The van der Waals surface area contributed by atoms with Gasteiger partial charge in [-0.05, 0) is 51.4 Å². The summed E-state index contributed by atoms with van der Waals surface area (Å²) in [7, 11) is 0. The first-order chi connectivity index (χ1) is 19.1. The summed E-state index contributed by atoms with van der Waals surface area (Å²) in [6.45, 7) is 8.55. The van der Waals surface area contributed by atoms with Gasteiger partial charge >= 0.3 is 0 Å². The number of carboxylic acids is 4. The van der Waals surface area contributed by atoms with E-state index < -0.39 is 23.9 Å². The molecule has 41 heavy (non-hydrogen) atoms. The number of hydrogen-bond acceptors (Lipinski definition) is 8. The zero-order valence-corrected chi connectivity index (χ0v) is 29.6. The van der Waals surface area contributed by atoms with Crippen LogP contribution in [0.3, 0.4) is 0 Å². The van der Waals surface area contributed by atoms with Crippen LogP contribution in [0.2, 0.25) is 0 Å². The van der Waals surface area contributed by atoms with E-state index in [0.717, 1.165) is 77.0 Å². The molecule has 0 atom stereocenters. The van der Waals surface area contributed by atoms with Crippen molar-refractivity contribution < 1.29 is 60.7 Å². The van der Waals surface area contributed by atoms with Crippen LogP contribution in [0.4, 0.5) is 0 Å². The Morgan fingerprint density at radius 1 is 0.317 bits per heavy atom. The Morgan fingerprint density at radius 2 is 0.463 bits per heavy atom.